The number of hydrogen-bond donors (Lipinski definition) is 1. The number of ether oxygens (including phenoxy) is 1. The predicted molar refractivity (Wildman–Crippen MR) is 63.7 cm³/mol. The van der Waals surface area contributed by atoms with Gasteiger partial charge in [-0.2, -0.15) is 0 Å². The highest BCUT2D eigenvalue weighted by molar-refractivity contribution is 6.32. The summed E-state index contributed by atoms with van der Waals surface area (Å²) in [5.41, 5.74) is 0.797. The second-order valence-electron chi connectivity index (χ2n) is 3.44. The average molecular weight is 255 g/mol. The highest BCUT2D eigenvalue weighted by Gasteiger charge is 2.10. The largest absolute Gasteiger partial charge is 0.480 e. The Bertz CT molecular complexity index is 479. The van der Waals surface area contributed by atoms with Crippen molar-refractivity contribution in [2.45, 2.75) is 6.92 Å². The molecule has 0 radical (unpaired) electrons. The van der Waals surface area contributed by atoms with Crippen molar-refractivity contribution in [2.75, 3.05) is 6.61 Å². The maximum atomic E-state index is 11.6. The number of aliphatic carboxylic acids is 1. The maximum Gasteiger partial charge on any atom is 0.341 e. The zero-order chi connectivity index (χ0) is 13.0. The van der Waals surface area contributed by atoms with Crippen LogP contribution in [0.3, 0.4) is 0 Å². The van der Waals surface area contributed by atoms with E-state index in [2.05, 4.69) is 6.58 Å². The number of rotatable bonds is 5. The van der Waals surface area contributed by atoms with E-state index in [1.807, 2.05) is 0 Å². The highest BCUT2D eigenvalue weighted by Crippen LogP contribution is 2.26. The Kier molecular flexibility index (Phi) is 4.29. The molecule has 1 rings (SSSR count). The number of carbonyl (C=O) groups is 2. The molecule has 0 aliphatic carbocycles. The number of carboxylic acid groups (broad SMARTS) is 1. The molecule has 90 valence electrons. The van der Waals surface area contributed by atoms with Crippen LogP contribution in [0.5, 0.6) is 5.75 Å². The second kappa shape index (κ2) is 5.50. The summed E-state index contributed by atoms with van der Waals surface area (Å²) in [6.07, 6.45) is 0. The monoisotopic (exact) mass is 254 g/mol. The topological polar surface area (TPSA) is 63.6 Å². The van der Waals surface area contributed by atoms with Crippen molar-refractivity contribution in [1.29, 1.82) is 0 Å². The molecular formula is C12H11ClO4. The molecule has 1 N–H and O–H groups in total. The Morgan fingerprint density at radius 2 is 2.12 bits per heavy atom. The smallest absolute Gasteiger partial charge is 0.341 e. The van der Waals surface area contributed by atoms with Crippen molar-refractivity contribution >= 4 is 23.4 Å². The van der Waals surface area contributed by atoms with Crippen molar-refractivity contribution in [2.24, 2.45) is 0 Å². The van der Waals surface area contributed by atoms with E-state index in [-0.39, 0.29) is 16.6 Å². The fourth-order valence-electron chi connectivity index (χ4n) is 1.15. The Balaban J connectivity index is 2.90. The van der Waals surface area contributed by atoms with Crippen LogP contribution in [0.4, 0.5) is 0 Å². The lowest BCUT2D eigenvalue weighted by Crippen LogP contribution is -2.10. The van der Waals surface area contributed by atoms with Gasteiger partial charge in [-0.15, -0.1) is 0 Å². The fraction of sp³-hybridized carbons (Fsp3) is 0.167. The normalized spacial score (nSPS) is 9.76. The molecule has 17 heavy (non-hydrogen) atoms. The van der Waals surface area contributed by atoms with Crippen molar-refractivity contribution in [3.63, 3.8) is 0 Å². The molecular weight excluding hydrogens is 244 g/mol. The minimum Gasteiger partial charge on any atom is -0.480 e. The molecule has 0 saturated heterocycles. The molecule has 0 bridgehead atoms. The molecule has 4 nitrogen and oxygen atoms in total. The summed E-state index contributed by atoms with van der Waals surface area (Å²) in [6.45, 7) is 4.67. The number of carboxylic acids is 1. The molecule has 0 amide bonds. The summed E-state index contributed by atoms with van der Waals surface area (Å²) < 4.78 is 4.93. The maximum absolute atomic E-state index is 11.6. The zero-order valence-corrected chi connectivity index (χ0v) is 9.95. The summed E-state index contributed by atoms with van der Waals surface area (Å²) in [5.74, 6) is -1.08. The van der Waals surface area contributed by atoms with Crippen molar-refractivity contribution in [3.8, 4) is 5.75 Å². The van der Waals surface area contributed by atoms with Gasteiger partial charge in [0.2, 0.25) is 0 Å². The average Bonchev–Trinajstić information content (AvgIpc) is 2.26. The Labute approximate surface area is 103 Å². The SMILES string of the molecule is C=C(C)C(=O)c1ccc(OCC(=O)O)c(Cl)c1. The molecule has 5 heteroatoms. The van der Waals surface area contributed by atoms with Gasteiger partial charge in [-0.05, 0) is 30.7 Å². The Morgan fingerprint density at radius 1 is 1.47 bits per heavy atom. The van der Waals surface area contributed by atoms with Gasteiger partial charge in [0.25, 0.3) is 0 Å². The van der Waals surface area contributed by atoms with Gasteiger partial charge < -0.3 is 9.84 Å². The molecule has 0 unspecified atom stereocenters. The van der Waals surface area contributed by atoms with Crippen molar-refractivity contribution < 1.29 is 19.4 Å². The van der Waals surface area contributed by atoms with Gasteiger partial charge in [-0.25, -0.2) is 4.79 Å². The van der Waals surface area contributed by atoms with Gasteiger partial charge in [-0.1, -0.05) is 18.2 Å². The summed E-state index contributed by atoms with van der Waals surface area (Å²) in [7, 11) is 0. The van der Waals surface area contributed by atoms with E-state index in [1.54, 1.807) is 6.92 Å². The summed E-state index contributed by atoms with van der Waals surface area (Å²) in [5, 5.41) is 8.64. The second-order valence-corrected chi connectivity index (χ2v) is 3.84. The van der Waals surface area contributed by atoms with Gasteiger partial charge in [0.05, 0.1) is 5.02 Å². The number of allylic oxidation sites excluding steroid dienone is 1. The first kappa shape index (κ1) is 13.3. The minimum absolute atomic E-state index is 0.193. The first-order chi connectivity index (χ1) is 7.91. The molecule has 0 spiro atoms. The van der Waals surface area contributed by atoms with Gasteiger partial charge in [-0.3, -0.25) is 4.79 Å². The molecule has 1 aromatic carbocycles. The zero-order valence-electron chi connectivity index (χ0n) is 9.20. The van der Waals surface area contributed by atoms with Gasteiger partial charge in [0.15, 0.2) is 12.4 Å². The lowest BCUT2D eigenvalue weighted by Gasteiger charge is -2.07. The summed E-state index contributed by atoms with van der Waals surface area (Å²) in [6, 6.07) is 4.40. The van der Waals surface area contributed by atoms with E-state index in [1.165, 1.54) is 18.2 Å². The number of carbonyl (C=O) groups excluding carboxylic acids is 1. The first-order valence-corrected chi connectivity index (χ1v) is 5.14. The van der Waals surface area contributed by atoms with E-state index in [4.69, 9.17) is 21.4 Å². The van der Waals surface area contributed by atoms with Crippen LogP contribution in [0.15, 0.2) is 30.4 Å². The lowest BCUT2D eigenvalue weighted by molar-refractivity contribution is -0.139. The standard InChI is InChI=1S/C12H11ClO4/c1-7(2)12(16)8-3-4-10(9(13)5-8)17-6-11(14)15/h3-5H,1,6H2,2H3,(H,14,15). The van der Waals surface area contributed by atoms with Crippen molar-refractivity contribution in [3.05, 3.63) is 40.9 Å². The number of hydrogen-bond acceptors (Lipinski definition) is 3. The molecule has 0 aliphatic rings. The van der Waals surface area contributed by atoms with E-state index >= 15 is 0 Å². The van der Waals surface area contributed by atoms with E-state index < -0.39 is 12.6 Å². The number of halogens is 1. The van der Waals surface area contributed by atoms with Gasteiger partial charge >= 0.3 is 5.97 Å². The third kappa shape index (κ3) is 3.60. The van der Waals surface area contributed by atoms with Gasteiger partial charge in [0, 0.05) is 5.56 Å². The number of Topliss-reactive ketones (excluding diaryl/α,β-unsaturated/α-hetero) is 1. The Hall–Kier alpha value is -1.81. The van der Waals surface area contributed by atoms with Crippen LogP contribution >= 0.6 is 11.6 Å². The number of benzene rings is 1. The van der Waals surface area contributed by atoms with Crippen LogP contribution in [-0.2, 0) is 4.79 Å². The lowest BCUT2D eigenvalue weighted by atomic mass is 10.1. The molecule has 0 fully saturated rings. The van der Waals surface area contributed by atoms with Crippen LogP contribution < -0.4 is 4.74 Å². The molecule has 0 saturated carbocycles. The van der Waals surface area contributed by atoms with E-state index in [0.29, 0.717) is 11.1 Å². The molecule has 0 atom stereocenters. The summed E-state index contributed by atoms with van der Waals surface area (Å²) in [4.78, 5) is 21.9. The van der Waals surface area contributed by atoms with Crippen LogP contribution in [0, 0.1) is 0 Å². The van der Waals surface area contributed by atoms with Crippen LogP contribution in [0.1, 0.15) is 17.3 Å². The number of ketones is 1. The molecule has 0 heterocycles. The minimum atomic E-state index is -1.09. The fourth-order valence-corrected chi connectivity index (χ4v) is 1.38. The van der Waals surface area contributed by atoms with Crippen LogP contribution in [-0.4, -0.2) is 23.5 Å². The van der Waals surface area contributed by atoms with Crippen LogP contribution in [0.25, 0.3) is 0 Å². The quantitative estimate of drug-likeness (QED) is 0.648. The third-order valence-electron chi connectivity index (χ3n) is 1.93. The van der Waals surface area contributed by atoms with Gasteiger partial charge in [0.1, 0.15) is 5.75 Å². The predicted octanol–water partition coefficient (Wildman–Crippen LogP) is 2.56. The van der Waals surface area contributed by atoms with E-state index in [0.717, 1.165) is 0 Å². The summed E-state index contributed by atoms with van der Waals surface area (Å²) >= 11 is 5.86. The van der Waals surface area contributed by atoms with E-state index in [9.17, 15) is 9.59 Å². The Morgan fingerprint density at radius 3 is 2.59 bits per heavy atom. The van der Waals surface area contributed by atoms with Crippen LogP contribution in [0.2, 0.25) is 5.02 Å². The highest BCUT2D eigenvalue weighted by atomic mass is 35.5. The third-order valence-corrected chi connectivity index (χ3v) is 2.23. The van der Waals surface area contributed by atoms with Crippen molar-refractivity contribution in [1.82, 2.24) is 0 Å². The molecule has 1 aromatic rings. The molecule has 0 aliphatic heterocycles. The first-order valence-electron chi connectivity index (χ1n) is 4.76. The molecule has 0 aromatic heterocycles.